The van der Waals surface area contributed by atoms with Gasteiger partial charge in [0.2, 0.25) is 0 Å². The Morgan fingerprint density at radius 1 is 1.10 bits per heavy atom. The van der Waals surface area contributed by atoms with Crippen LogP contribution in [0.15, 0.2) is 29.3 Å². The first-order valence-corrected chi connectivity index (χ1v) is 11.1. The van der Waals surface area contributed by atoms with Gasteiger partial charge in [0.05, 0.1) is 19.6 Å². The predicted octanol–water partition coefficient (Wildman–Crippen LogP) is 3.89. The van der Waals surface area contributed by atoms with E-state index in [0.29, 0.717) is 6.54 Å². The maximum Gasteiger partial charge on any atom is 0.308 e. The fourth-order valence-corrected chi connectivity index (χ4v) is 4.16. The van der Waals surface area contributed by atoms with Crippen LogP contribution in [-0.4, -0.2) is 56.7 Å². The van der Waals surface area contributed by atoms with Crippen molar-refractivity contribution in [3.8, 4) is 0 Å². The summed E-state index contributed by atoms with van der Waals surface area (Å²) in [4.78, 5) is 21.3. The van der Waals surface area contributed by atoms with E-state index < -0.39 is 0 Å². The Hall–Kier alpha value is -1.51. The van der Waals surface area contributed by atoms with Crippen LogP contribution in [0.2, 0.25) is 0 Å². The van der Waals surface area contributed by atoms with Gasteiger partial charge in [-0.3, -0.25) is 4.79 Å². The summed E-state index contributed by atoms with van der Waals surface area (Å²) in [5, 5.41) is 3.40. The summed E-state index contributed by atoms with van der Waals surface area (Å²) in [7, 11) is 1.47. The van der Waals surface area contributed by atoms with Gasteiger partial charge >= 0.3 is 5.97 Å². The number of nitrogens with one attached hydrogen (secondary N) is 1. The van der Waals surface area contributed by atoms with Crippen LogP contribution in [0.5, 0.6) is 0 Å². The van der Waals surface area contributed by atoms with E-state index in [-0.39, 0.29) is 35.9 Å². The second-order valence-electron chi connectivity index (χ2n) is 8.29. The number of nitrogens with zero attached hydrogens (tertiary/aromatic N) is 3. The molecule has 2 fully saturated rings. The zero-order chi connectivity index (χ0) is 20.6. The van der Waals surface area contributed by atoms with E-state index in [4.69, 9.17) is 9.73 Å². The number of hydrogen-bond acceptors (Lipinski definition) is 4. The smallest absolute Gasteiger partial charge is 0.308 e. The van der Waals surface area contributed by atoms with E-state index in [1.165, 1.54) is 31.2 Å². The quantitative estimate of drug-likeness (QED) is 0.272. The number of carbonyl (C=O) groups is 1. The molecule has 0 unspecified atom stereocenters. The summed E-state index contributed by atoms with van der Waals surface area (Å²) in [5.41, 5.74) is 2.54. The molecule has 1 aromatic rings. The van der Waals surface area contributed by atoms with Crippen molar-refractivity contribution in [2.75, 3.05) is 44.7 Å². The van der Waals surface area contributed by atoms with Gasteiger partial charge in [0.1, 0.15) is 0 Å². The number of anilines is 1. The lowest BCUT2D eigenvalue weighted by atomic mass is 9.97. The van der Waals surface area contributed by atoms with Crippen LogP contribution >= 0.6 is 24.0 Å². The number of methoxy groups -OCH3 is 1. The van der Waals surface area contributed by atoms with Crippen molar-refractivity contribution in [1.82, 2.24) is 10.2 Å². The molecule has 0 atom stereocenters. The topological polar surface area (TPSA) is 57.2 Å². The number of esters is 1. The second kappa shape index (κ2) is 12.4. The third kappa shape index (κ3) is 6.75. The molecule has 0 aliphatic carbocycles. The van der Waals surface area contributed by atoms with Crippen LogP contribution in [-0.2, 0) is 16.1 Å². The summed E-state index contributed by atoms with van der Waals surface area (Å²) in [5.74, 6) is 1.71. The highest BCUT2D eigenvalue weighted by molar-refractivity contribution is 14.0. The number of piperidine rings is 2. The minimum absolute atomic E-state index is 0. The Morgan fingerprint density at radius 3 is 2.30 bits per heavy atom. The van der Waals surface area contributed by atoms with E-state index in [1.807, 2.05) is 0 Å². The molecule has 7 heteroatoms. The van der Waals surface area contributed by atoms with Gasteiger partial charge in [0, 0.05) is 38.4 Å². The number of ether oxygens (including phenoxy) is 1. The number of hydrogen-bond donors (Lipinski definition) is 1. The monoisotopic (exact) mass is 528 g/mol. The minimum atomic E-state index is -0.0881. The van der Waals surface area contributed by atoms with Gasteiger partial charge in [-0.05, 0) is 56.2 Å². The number of benzene rings is 1. The molecular weight excluding hydrogens is 491 g/mol. The molecule has 2 aliphatic rings. The number of likely N-dealkylation sites (tertiary alicyclic amines) is 1. The Labute approximate surface area is 198 Å². The first-order valence-electron chi connectivity index (χ1n) is 11.1. The van der Waals surface area contributed by atoms with E-state index in [9.17, 15) is 4.79 Å². The highest BCUT2D eigenvalue weighted by Crippen LogP contribution is 2.23. The van der Waals surface area contributed by atoms with Crippen molar-refractivity contribution < 1.29 is 9.53 Å². The highest BCUT2D eigenvalue weighted by Gasteiger charge is 2.27. The standard InChI is InChI=1S/C23H36N4O2.HI/c1-4-24-23(27-15-11-20(12-16-27)22(28)29-3)25-17-19-5-7-21(8-6-19)26-13-9-18(2)10-14-26;/h5-8,18,20H,4,9-17H2,1-3H3,(H,24,25);1H. The van der Waals surface area contributed by atoms with Gasteiger partial charge in [-0.15, -0.1) is 24.0 Å². The van der Waals surface area contributed by atoms with Gasteiger partial charge in [-0.25, -0.2) is 4.99 Å². The Kier molecular flexibility index (Phi) is 10.2. The first kappa shape index (κ1) is 24.8. The summed E-state index contributed by atoms with van der Waals surface area (Å²) in [6.07, 6.45) is 4.20. The molecule has 168 valence electrons. The van der Waals surface area contributed by atoms with Crippen molar-refractivity contribution in [3.05, 3.63) is 29.8 Å². The van der Waals surface area contributed by atoms with Crippen LogP contribution in [0.4, 0.5) is 5.69 Å². The second-order valence-corrected chi connectivity index (χ2v) is 8.29. The average Bonchev–Trinajstić information content (AvgIpc) is 2.77. The van der Waals surface area contributed by atoms with Crippen molar-refractivity contribution in [3.63, 3.8) is 0 Å². The van der Waals surface area contributed by atoms with Gasteiger partial charge in [-0.2, -0.15) is 0 Å². The molecule has 0 radical (unpaired) electrons. The number of rotatable bonds is 5. The molecule has 6 nitrogen and oxygen atoms in total. The summed E-state index contributed by atoms with van der Waals surface area (Å²) in [6.45, 7) is 9.91. The van der Waals surface area contributed by atoms with Crippen LogP contribution in [0, 0.1) is 11.8 Å². The van der Waals surface area contributed by atoms with E-state index in [2.05, 4.69) is 53.2 Å². The first-order chi connectivity index (χ1) is 14.1. The van der Waals surface area contributed by atoms with Crippen molar-refractivity contribution >= 4 is 41.6 Å². The van der Waals surface area contributed by atoms with Crippen LogP contribution in [0.25, 0.3) is 0 Å². The molecule has 0 spiro atoms. The van der Waals surface area contributed by atoms with E-state index >= 15 is 0 Å². The molecule has 3 rings (SSSR count). The molecule has 2 saturated heterocycles. The van der Waals surface area contributed by atoms with E-state index in [1.54, 1.807) is 0 Å². The lowest BCUT2D eigenvalue weighted by Crippen LogP contribution is -2.46. The Morgan fingerprint density at radius 2 is 1.73 bits per heavy atom. The van der Waals surface area contributed by atoms with Gasteiger partial charge in [0.15, 0.2) is 5.96 Å². The highest BCUT2D eigenvalue weighted by atomic mass is 127. The fourth-order valence-electron chi connectivity index (χ4n) is 4.16. The maximum atomic E-state index is 11.7. The molecule has 1 aromatic carbocycles. The predicted molar refractivity (Wildman–Crippen MR) is 134 cm³/mol. The number of halogens is 1. The number of carbonyl (C=O) groups excluding carboxylic acids is 1. The molecule has 0 saturated carbocycles. The van der Waals surface area contributed by atoms with Crippen LogP contribution in [0.1, 0.15) is 45.1 Å². The molecule has 0 aromatic heterocycles. The molecule has 1 N–H and O–H groups in total. The molecular formula is C23H37IN4O2. The van der Waals surface area contributed by atoms with Gasteiger partial charge < -0.3 is 19.9 Å². The zero-order valence-electron chi connectivity index (χ0n) is 18.6. The maximum absolute atomic E-state index is 11.7. The van der Waals surface area contributed by atoms with Gasteiger partial charge in [-0.1, -0.05) is 19.1 Å². The normalized spacial score (nSPS) is 18.7. The lowest BCUT2D eigenvalue weighted by Gasteiger charge is -2.33. The van der Waals surface area contributed by atoms with Crippen molar-refractivity contribution in [1.29, 1.82) is 0 Å². The minimum Gasteiger partial charge on any atom is -0.469 e. The fraction of sp³-hybridized carbons (Fsp3) is 0.652. The van der Waals surface area contributed by atoms with Crippen molar-refractivity contribution in [2.45, 2.75) is 46.1 Å². The SMILES string of the molecule is CCNC(=NCc1ccc(N2CCC(C)CC2)cc1)N1CCC(C(=O)OC)CC1.I. The third-order valence-electron chi connectivity index (χ3n) is 6.16. The molecule has 30 heavy (non-hydrogen) atoms. The van der Waals surface area contributed by atoms with Crippen LogP contribution in [0.3, 0.4) is 0 Å². The molecule has 0 amide bonds. The number of guanidine groups is 1. The van der Waals surface area contributed by atoms with Crippen LogP contribution < -0.4 is 10.2 Å². The summed E-state index contributed by atoms with van der Waals surface area (Å²) >= 11 is 0. The van der Waals surface area contributed by atoms with E-state index in [0.717, 1.165) is 57.4 Å². The Bertz CT molecular complexity index is 679. The molecule has 0 bridgehead atoms. The number of aliphatic imine (C=N–C) groups is 1. The van der Waals surface area contributed by atoms with Crippen molar-refractivity contribution in [2.24, 2.45) is 16.8 Å². The molecule has 2 heterocycles. The Balaban J connectivity index is 0.00000320. The third-order valence-corrected chi connectivity index (χ3v) is 6.16. The lowest BCUT2D eigenvalue weighted by molar-refractivity contribution is -0.146. The average molecular weight is 528 g/mol. The summed E-state index contributed by atoms with van der Waals surface area (Å²) in [6, 6.07) is 8.86. The summed E-state index contributed by atoms with van der Waals surface area (Å²) < 4.78 is 4.89. The largest absolute Gasteiger partial charge is 0.469 e. The zero-order valence-corrected chi connectivity index (χ0v) is 20.9. The van der Waals surface area contributed by atoms with Gasteiger partial charge in [0.25, 0.3) is 0 Å². The molecule has 2 aliphatic heterocycles.